The Balaban J connectivity index is 2.54. The van der Waals surface area contributed by atoms with Gasteiger partial charge in [-0.15, -0.1) is 11.6 Å². The lowest BCUT2D eigenvalue weighted by molar-refractivity contribution is -0.119. The molecule has 7 heteroatoms. The largest absolute Gasteiger partial charge is 0.369 e. The molecular weight excluding hydrogens is 270 g/mol. The molecule has 1 aromatic rings. The zero-order chi connectivity index (χ0) is 14.0. The zero-order valence-electron chi connectivity index (χ0n) is 10.4. The first-order valence-corrected chi connectivity index (χ1v) is 6.81. The highest BCUT2D eigenvalue weighted by Gasteiger charge is 2.28. The number of fused-ring (bicyclic) bond motifs is 1. The molecule has 1 aromatic heterocycles. The fourth-order valence-corrected chi connectivity index (χ4v) is 2.62. The Hall–Kier alpha value is -1.56. The van der Waals surface area contributed by atoms with Crippen LogP contribution in [0.5, 0.6) is 0 Å². The van der Waals surface area contributed by atoms with Crippen LogP contribution < -0.4 is 17.0 Å². The average Bonchev–Trinajstić information content (AvgIpc) is 2.37. The first-order valence-electron chi connectivity index (χ1n) is 6.27. The van der Waals surface area contributed by atoms with Crippen LogP contribution in [-0.2, 0) is 17.8 Å². The quantitative estimate of drug-likeness (QED) is 0.766. The molecule has 1 heterocycles. The maximum absolute atomic E-state index is 12.3. The van der Waals surface area contributed by atoms with Crippen LogP contribution in [0.2, 0.25) is 0 Å². The van der Waals surface area contributed by atoms with Gasteiger partial charge in [-0.05, 0) is 25.7 Å². The summed E-state index contributed by atoms with van der Waals surface area (Å²) in [5, 5.41) is 0. The highest BCUT2D eigenvalue weighted by atomic mass is 35.5. The number of carbonyl (C=O) groups excluding carboxylic acids is 1. The van der Waals surface area contributed by atoms with E-state index in [1.165, 1.54) is 0 Å². The molecule has 6 nitrogen and oxygen atoms in total. The van der Waals surface area contributed by atoms with Gasteiger partial charge in [-0.3, -0.25) is 14.2 Å². The molecule has 1 aliphatic rings. The topological polar surface area (TPSA) is 97.9 Å². The number of alkyl halides is 1. The first-order chi connectivity index (χ1) is 9.06. The molecule has 0 saturated heterocycles. The van der Waals surface area contributed by atoms with Crippen molar-refractivity contribution in [1.82, 2.24) is 9.55 Å². The second kappa shape index (κ2) is 5.61. The molecule has 0 unspecified atom stereocenters. The number of carbonyl (C=O) groups is 1. The van der Waals surface area contributed by atoms with Crippen molar-refractivity contribution in [3.05, 3.63) is 32.1 Å². The van der Waals surface area contributed by atoms with Gasteiger partial charge in [-0.2, -0.15) is 0 Å². The standard InChI is InChI=1S/C12H16ClN3O3/c13-5-2-6-16-11(18)8-4-1-3-7(10(14)17)9(8)15-12(16)19/h7H,1-6H2,(H2,14,17)(H,15,19)/t7-/m0/s1. The molecule has 0 spiro atoms. The molecule has 0 aromatic carbocycles. The summed E-state index contributed by atoms with van der Waals surface area (Å²) in [6.07, 6.45) is 2.40. The second-order valence-corrected chi connectivity index (χ2v) is 5.05. The Bertz CT molecular complexity index is 605. The maximum Gasteiger partial charge on any atom is 0.328 e. The molecule has 1 aliphatic carbocycles. The van der Waals surface area contributed by atoms with E-state index in [2.05, 4.69) is 4.98 Å². The van der Waals surface area contributed by atoms with Gasteiger partial charge in [0, 0.05) is 23.7 Å². The van der Waals surface area contributed by atoms with Crippen LogP contribution in [-0.4, -0.2) is 21.3 Å². The Morgan fingerprint density at radius 1 is 1.47 bits per heavy atom. The van der Waals surface area contributed by atoms with E-state index in [9.17, 15) is 14.4 Å². The van der Waals surface area contributed by atoms with E-state index in [-0.39, 0.29) is 12.1 Å². The summed E-state index contributed by atoms with van der Waals surface area (Å²) in [5.74, 6) is -0.686. The minimum atomic E-state index is -0.563. The Labute approximate surface area is 114 Å². The molecule has 0 bridgehead atoms. The molecule has 0 aliphatic heterocycles. The summed E-state index contributed by atoms with van der Waals surface area (Å²) >= 11 is 5.58. The van der Waals surface area contributed by atoms with Gasteiger partial charge < -0.3 is 10.7 Å². The van der Waals surface area contributed by atoms with E-state index >= 15 is 0 Å². The molecule has 3 N–H and O–H groups in total. The maximum atomic E-state index is 12.3. The number of halogens is 1. The smallest absolute Gasteiger partial charge is 0.328 e. The van der Waals surface area contributed by atoms with Crippen molar-refractivity contribution in [3.63, 3.8) is 0 Å². The average molecular weight is 286 g/mol. The number of nitrogens with two attached hydrogens (primary N) is 1. The van der Waals surface area contributed by atoms with E-state index in [1.807, 2.05) is 0 Å². The number of hydrogen-bond acceptors (Lipinski definition) is 3. The monoisotopic (exact) mass is 285 g/mol. The van der Waals surface area contributed by atoms with Crippen LogP contribution in [0.4, 0.5) is 0 Å². The third kappa shape index (κ3) is 2.58. The molecular formula is C12H16ClN3O3. The van der Waals surface area contributed by atoms with Crippen molar-refractivity contribution < 1.29 is 4.79 Å². The van der Waals surface area contributed by atoms with Gasteiger partial charge in [0.1, 0.15) is 0 Å². The lowest BCUT2D eigenvalue weighted by Gasteiger charge is -2.22. The summed E-state index contributed by atoms with van der Waals surface area (Å²) in [6, 6.07) is 0. The third-order valence-corrected chi connectivity index (χ3v) is 3.71. The summed E-state index contributed by atoms with van der Waals surface area (Å²) in [7, 11) is 0. The van der Waals surface area contributed by atoms with Gasteiger partial charge in [0.05, 0.1) is 5.92 Å². The van der Waals surface area contributed by atoms with Crippen LogP contribution >= 0.6 is 11.6 Å². The van der Waals surface area contributed by atoms with Gasteiger partial charge in [0.25, 0.3) is 5.56 Å². The van der Waals surface area contributed by atoms with Crippen molar-refractivity contribution in [1.29, 1.82) is 0 Å². The van der Waals surface area contributed by atoms with Crippen molar-refractivity contribution in [2.45, 2.75) is 38.1 Å². The predicted octanol–water partition coefficient (Wildman–Crippen LogP) is 0.0707. The van der Waals surface area contributed by atoms with Gasteiger partial charge in [0.15, 0.2) is 0 Å². The molecule has 19 heavy (non-hydrogen) atoms. The lowest BCUT2D eigenvalue weighted by atomic mass is 9.87. The molecule has 1 atom stereocenters. The number of aromatic amines is 1. The van der Waals surface area contributed by atoms with Crippen LogP contribution in [0, 0.1) is 0 Å². The molecule has 0 saturated carbocycles. The summed E-state index contributed by atoms with van der Waals surface area (Å²) < 4.78 is 1.14. The Morgan fingerprint density at radius 3 is 2.84 bits per heavy atom. The van der Waals surface area contributed by atoms with E-state index < -0.39 is 17.5 Å². The summed E-state index contributed by atoms with van der Waals surface area (Å²) in [6.45, 7) is 0.284. The van der Waals surface area contributed by atoms with E-state index in [4.69, 9.17) is 17.3 Å². The number of rotatable bonds is 4. The fourth-order valence-electron chi connectivity index (χ4n) is 2.50. The van der Waals surface area contributed by atoms with E-state index in [0.717, 1.165) is 11.0 Å². The predicted molar refractivity (Wildman–Crippen MR) is 71.5 cm³/mol. The molecule has 1 amide bonds. The molecule has 104 valence electrons. The van der Waals surface area contributed by atoms with Gasteiger partial charge in [0.2, 0.25) is 5.91 Å². The van der Waals surface area contributed by atoms with Crippen LogP contribution in [0.25, 0.3) is 0 Å². The van der Waals surface area contributed by atoms with E-state index in [0.29, 0.717) is 36.4 Å². The minimum Gasteiger partial charge on any atom is -0.369 e. The Kier molecular flexibility index (Phi) is 4.09. The zero-order valence-corrected chi connectivity index (χ0v) is 11.2. The van der Waals surface area contributed by atoms with Crippen LogP contribution in [0.3, 0.4) is 0 Å². The number of amides is 1. The number of H-pyrrole nitrogens is 1. The van der Waals surface area contributed by atoms with Crippen LogP contribution in [0.1, 0.15) is 36.4 Å². The normalized spacial score (nSPS) is 18.1. The first kappa shape index (κ1) is 13.9. The van der Waals surface area contributed by atoms with Gasteiger partial charge in [-0.1, -0.05) is 0 Å². The third-order valence-electron chi connectivity index (χ3n) is 3.44. The number of nitrogens with one attached hydrogen (secondary N) is 1. The summed E-state index contributed by atoms with van der Waals surface area (Å²) in [4.78, 5) is 38.2. The number of nitrogens with zero attached hydrogens (tertiary/aromatic N) is 1. The van der Waals surface area contributed by atoms with Crippen molar-refractivity contribution in [2.24, 2.45) is 5.73 Å². The number of aromatic nitrogens is 2. The minimum absolute atomic E-state index is 0.284. The van der Waals surface area contributed by atoms with Gasteiger partial charge in [-0.25, -0.2) is 4.79 Å². The van der Waals surface area contributed by atoms with E-state index in [1.54, 1.807) is 0 Å². The Morgan fingerprint density at radius 2 is 2.21 bits per heavy atom. The lowest BCUT2D eigenvalue weighted by Crippen LogP contribution is -2.42. The van der Waals surface area contributed by atoms with Crippen molar-refractivity contribution in [2.75, 3.05) is 5.88 Å². The highest BCUT2D eigenvalue weighted by Crippen LogP contribution is 2.26. The van der Waals surface area contributed by atoms with Crippen LogP contribution in [0.15, 0.2) is 9.59 Å². The molecule has 0 fully saturated rings. The van der Waals surface area contributed by atoms with Crippen molar-refractivity contribution >= 4 is 17.5 Å². The summed E-state index contributed by atoms with van der Waals surface area (Å²) in [5.41, 5.74) is 5.39. The second-order valence-electron chi connectivity index (χ2n) is 4.67. The SMILES string of the molecule is NC(=O)[C@H]1CCCc2c1[nH]c(=O)n(CCCCl)c2=O. The number of primary amides is 1. The molecule has 0 radical (unpaired) electrons. The highest BCUT2D eigenvalue weighted by molar-refractivity contribution is 6.17. The number of hydrogen-bond donors (Lipinski definition) is 2. The van der Waals surface area contributed by atoms with Crippen molar-refractivity contribution in [3.8, 4) is 0 Å². The molecule has 2 rings (SSSR count). The fraction of sp³-hybridized carbons (Fsp3) is 0.583. The van der Waals surface area contributed by atoms with Gasteiger partial charge >= 0.3 is 5.69 Å².